The number of amides is 1. The van der Waals surface area contributed by atoms with Gasteiger partial charge in [-0.2, -0.15) is 0 Å². The SMILES string of the molecule is CC1=C(C)OC2(CS(=O)(=O)C2)C(=O)N1. The molecule has 0 aromatic heterocycles. The first-order chi connectivity index (χ1) is 6.35. The number of nitrogens with one attached hydrogen (secondary N) is 1. The average Bonchev–Trinajstić information content (AvgIpc) is 1.97. The van der Waals surface area contributed by atoms with Gasteiger partial charge in [-0.15, -0.1) is 0 Å². The summed E-state index contributed by atoms with van der Waals surface area (Å²) in [5.41, 5.74) is -0.507. The minimum Gasteiger partial charge on any atom is -0.478 e. The third kappa shape index (κ3) is 1.21. The van der Waals surface area contributed by atoms with E-state index < -0.39 is 15.4 Å². The zero-order valence-electron chi connectivity index (χ0n) is 7.96. The highest BCUT2D eigenvalue weighted by molar-refractivity contribution is 7.93. The summed E-state index contributed by atoms with van der Waals surface area (Å²) in [7, 11) is -3.07. The molecule has 6 heteroatoms. The van der Waals surface area contributed by atoms with Crippen LogP contribution in [0.5, 0.6) is 0 Å². The van der Waals surface area contributed by atoms with Crippen LogP contribution in [0.15, 0.2) is 11.5 Å². The van der Waals surface area contributed by atoms with Gasteiger partial charge in [0.2, 0.25) is 5.60 Å². The number of carbonyl (C=O) groups excluding carboxylic acids is 1. The molecule has 1 spiro atoms. The van der Waals surface area contributed by atoms with Gasteiger partial charge in [0.15, 0.2) is 9.84 Å². The molecule has 0 atom stereocenters. The zero-order chi connectivity index (χ0) is 10.6. The number of ether oxygens (including phenoxy) is 1. The Morgan fingerprint density at radius 1 is 1.36 bits per heavy atom. The summed E-state index contributed by atoms with van der Waals surface area (Å²) in [4.78, 5) is 11.5. The van der Waals surface area contributed by atoms with Gasteiger partial charge in [-0.1, -0.05) is 0 Å². The number of sulfone groups is 1. The van der Waals surface area contributed by atoms with Crippen molar-refractivity contribution in [1.82, 2.24) is 5.32 Å². The molecule has 1 N–H and O–H groups in total. The lowest BCUT2D eigenvalue weighted by Crippen LogP contribution is -2.66. The normalized spacial score (nSPS) is 28.0. The third-order valence-electron chi connectivity index (χ3n) is 2.50. The second kappa shape index (κ2) is 2.50. The molecule has 14 heavy (non-hydrogen) atoms. The quantitative estimate of drug-likeness (QED) is 0.596. The van der Waals surface area contributed by atoms with Crippen LogP contribution < -0.4 is 5.32 Å². The fourth-order valence-corrected chi connectivity index (χ4v) is 3.36. The van der Waals surface area contributed by atoms with Crippen molar-refractivity contribution >= 4 is 15.7 Å². The predicted molar refractivity (Wildman–Crippen MR) is 49.0 cm³/mol. The van der Waals surface area contributed by atoms with Crippen molar-refractivity contribution < 1.29 is 17.9 Å². The number of rotatable bonds is 0. The minimum absolute atomic E-state index is 0.212. The van der Waals surface area contributed by atoms with Crippen LogP contribution in [-0.2, 0) is 19.4 Å². The second-order valence-corrected chi connectivity index (χ2v) is 5.83. The van der Waals surface area contributed by atoms with Gasteiger partial charge in [-0.05, 0) is 13.8 Å². The van der Waals surface area contributed by atoms with E-state index in [1.54, 1.807) is 13.8 Å². The monoisotopic (exact) mass is 217 g/mol. The molecule has 2 heterocycles. The summed E-state index contributed by atoms with van der Waals surface area (Å²) < 4.78 is 27.4. The van der Waals surface area contributed by atoms with E-state index >= 15 is 0 Å². The molecule has 2 aliphatic rings. The molecular weight excluding hydrogens is 206 g/mol. The van der Waals surface area contributed by atoms with Gasteiger partial charge in [-0.25, -0.2) is 8.42 Å². The van der Waals surface area contributed by atoms with Crippen molar-refractivity contribution in [3.05, 3.63) is 11.5 Å². The van der Waals surface area contributed by atoms with Gasteiger partial charge in [-0.3, -0.25) is 4.79 Å². The number of carbonyl (C=O) groups is 1. The molecular formula is C8H11NO4S. The Hall–Kier alpha value is -1.04. The molecule has 0 aromatic carbocycles. The molecule has 0 aliphatic carbocycles. The lowest BCUT2D eigenvalue weighted by molar-refractivity contribution is -0.141. The zero-order valence-corrected chi connectivity index (χ0v) is 8.77. The summed E-state index contributed by atoms with van der Waals surface area (Å²) in [5, 5.41) is 2.61. The van der Waals surface area contributed by atoms with Gasteiger partial charge in [0, 0.05) is 0 Å². The van der Waals surface area contributed by atoms with Crippen LogP contribution in [-0.4, -0.2) is 31.4 Å². The lowest BCUT2D eigenvalue weighted by atomic mass is 10.1. The van der Waals surface area contributed by atoms with E-state index in [4.69, 9.17) is 4.74 Å². The van der Waals surface area contributed by atoms with E-state index in [0.717, 1.165) is 0 Å². The van der Waals surface area contributed by atoms with Crippen LogP contribution in [0.2, 0.25) is 0 Å². The molecule has 2 aliphatic heterocycles. The Kier molecular flexibility index (Phi) is 1.70. The van der Waals surface area contributed by atoms with Crippen molar-refractivity contribution in [2.75, 3.05) is 11.5 Å². The van der Waals surface area contributed by atoms with Crippen molar-refractivity contribution in [3.63, 3.8) is 0 Å². The molecule has 0 aromatic rings. The van der Waals surface area contributed by atoms with Gasteiger partial charge in [0.05, 0.1) is 5.70 Å². The fraction of sp³-hybridized carbons (Fsp3) is 0.625. The second-order valence-electron chi connectivity index (χ2n) is 3.76. The smallest absolute Gasteiger partial charge is 0.270 e. The Balaban J connectivity index is 2.30. The van der Waals surface area contributed by atoms with Crippen LogP contribution in [0.1, 0.15) is 13.8 Å². The predicted octanol–water partition coefficient (Wildman–Crippen LogP) is -0.449. The Bertz CT molecular complexity index is 422. The number of hydrogen-bond donors (Lipinski definition) is 1. The molecule has 1 amide bonds. The summed E-state index contributed by atoms with van der Waals surface area (Å²) in [5.74, 6) is -0.192. The molecule has 0 saturated carbocycles. The van der Waals surface area contributed by atoms with Gasteiger partial charge in [0.25, 0.3) is 5.91 Å². The van der Waals surface area contributed by atoms with Crippen LogP contribution in [0, 0.1) is 0 Å². The molecule has 0 radical (unpaired) electrons. The van der Waals surface area contributed by atoms with E-state index in [1.165, 1.54) is 0 Å². The largest absolute Gasteiger partial charge is 0.478 e. The molecule has 0 bridgehead atoms. The van der Waals surface area contributed by atoms with Gasteiger partial charge >= 0.3 is 0 Å². The Morgan fingerprint density at radius 2 is 1.93 bits per heavy atom. The lowest BCUT2D eigenvalue weighted by Gasteiger charge is -2.42. The number of hydrogen-bond acceptors (Lipinski definition) is 4. The molecule has 2 rings (SSSR count). The summed E-state index contributed by atoms with van der Waals surface area (Å²) >= 11 is 0. The van der Waals surface area contributed by atoms with Crippen molar-refractivity contribution in [2.45, 2.75) is 19.4 Å². The van der Waals surface area contributed by atoms with Crippen molar-refractivity contribution in [3.8, 4) is 0 Å². The highest BCUT2D eigenvalue weighted by Crippen LogP contribution is 2.33. The highest BCUT2D eigenvalue weighted by atomic mass is 32.2. The highest BCUT2D eigenvalue weighted by Gasteiger charge is 2.58. The van der Waals surface area contributed by atoms with Crippen LogP contribution in [0.25, 0.3) is 0 Å². The first-order valence-corrected chi connectivity index (χ1v) is 6.05. The fourth-order valence-electron chi connectivity index (χ4n) is 1.65. The maximum absolute atomic E-state index is 11.5. The van der Waals surface area contributed by atoms with Crippen molar-refractivity contribution in [1.29, 1.82) is 0 Å². The van der Waals surface area contributed by atoms with Crippen molar-refractivity contribution in [2.24, 2.45) is 0 Å². The molecule has 1 fully saturated rings. The molecule has 78 valence electrons. The Morgan fingerprint density at radius 3 is 2.43 bits per heavy atom. The van der Waals surface area contributed by atoms with E-state index in [0.29, 0.717) is 11.5 Å². The minimum atomic E-state index is -3.07. The first-order valence-electron chi connectivity index (χ1n) is 4.23. The topological polar surface area (TPSA) is 72.5 Å². The van der Waals surface area contributed by atoms with Gasteiger partial charge in [0.1, 0.15) is 17.3 Å². The molecule has 0 unspecified atom stereocenters. The van der Waals surface area contributed by atoms with Crippen LogP contribution in [0.4, 0.5) is 0 Å². The summed E-state index contributed by atoms with van der Waals surface area (Å²) in [6, 6.07) is 0. The van der Waals surface area contributed by atoms with Crippen LogP contribution >= 0.6 is 0 Å². The average molecular weight is 217 g/mol. The maximum atomic E-state index is 11.5. The van der Waals surface area contributed by atoms with E-state index in [9.17, 15) is 13.2 Å². The summed E-state index contributed by atoms with van der Waals surface area (Å²) in [6.07, 6.45) is 0. The molecule has 1 saturated heterocycles. The standard InChI is InChI=1S/C8H11NO4S/c1-5-6(2)13-8(7(10)9-5)3-14(11,12)4-8/h3-4H2,1-2H3,(H,9,10). The van der Waals surface area contributed by atoms with Gasteiger partial charge < -0.3 is 10.1 Å². The van der Waals surface area contributed by atoms with E-state index in [1.807, 2.05) is 0 Å². The Labute approximate surface area is 82.0 Å². The van der Waals surface area contributed by atoms with Crippen LogP contribution in [0.3, 0.4) is 0 Å². The molecule has 5 nitrogen and oxygen atoms in total. The summed E-state index contributed by atoms with van der Waals surface area (Å²) in [6.45, 7) is 3.43. The first kappa shape index (κ1) is 9.51. The third-order valence-corrected chi connectivity index (χ3v) is 4.31. The number of allylic oxidation sites excluding steroid dienone is 2. The maximum Gasteiger partial charge on any atom is 0.270 e. The van der Waals surface area contributed by atoms with E-state index in [2.05, 4.69) is 5.32 Å². The van der Waals surface area contributed by atoms with E-state index in [-0.39, 0.29) is 17.4 Å².